The summed E-state index contributed by atoms with van der Waals surface area (Å²) < 4.78 is 0. The molecule has 2 aromatic carbocycles. The van der Waals surface area contributed by atoms with Crippen molar-refractivity contribution in [2.24, 2.45) is 0 Å². The molecule has 2 amide bonds. The zero-order chi connectivity index (χ0) is 23.5. The highest BCUT2D eigenvalue weighted by atomic mass is 32.2. The molecule has 3 aromatic rings. The maximum atomic E-state index is 11.9. The summed E-state index contributed by atoms with van der Waals surface area (Å²) in [6, 6.07) is 17.0. The van der Waals surface area contributed by atoms with E-state index < -0.39 is 0 Å². The molecule has 5 rings (SSSR count). The van der Waals surface area contributed by atoms with Gasteiger partial charge in [-0.1, -0.05) is 43.7 Å². The first-order chi connectivity index (χ1) is 16.6. The molecule has 0 saturated carbocycles. The second kappa shape index (κ2) is 9.99. The minimum absolute atomic E-state index is 0.347. The molecule has 0 bridgehead atoms. The Bertz CT molecular complexity index is 1250. The molecule has 2 saturated heterocycles. The van der Waals surface area contributed by atoms with E-state index in [4.69, 9.17) is 0 Å². The van der Waals surface area contributed by atoms with Crippen LogP contribution in [0.15, 0.2) is 59.6 Å². The minimum Gasteiger partial charge on any atom is -0.369 e. The van der Waals surface area contributed by atoms with Crippen molar-refractivity contribution < 1.29 is 9.59 Å². The monoisotopic (exact) mass is 472 g/mol. The Labute approximate surface area is 204 Å². The third kappa shape index (κ3) is 4.86. The molecule has 2 aliphatic rings. The third-order valence-corrected chi connectivity index (χ3v) is 7.26. The van der Waals surface area contributed by atoms with E-state index in [2.05, 4.69) is 57.4 Å². The van der Waals surface area contributed by atoms with Crippen LogP contribution < -0.4 is 10.2 Å². The average molecular weight is 473 g/mol. The van der Waals surface area contributed by atoms with E-state index in [0.29, 0.717) is 10.6 Å². The molecule has 1 N–H and O–H groups in total. The Balaban J connectivity index is 1.37. The number of hydrogen-bond donors (Lipinski definition) is 1. The predicted octanol–water partition coefficient (Wildman–Crippen LogP) is 5.15. The van der Waals surface area contributed by atoms with E-state index in [1.54, 1.807) is 6.08 Å². The number of nitrogens with one attached hydrogen (secondary N) is 1. The molecule has 34 heavy (non-hydrogen) atoms. The summed E-state index contributed by atoms with van der Waals surface area (Å²) in [7, 11) is 0. The molecule has 0 radical (unpaired) electrons. The maximum Gasteiger partial charge on any atom is 0.290 e. The van der Waals surface area contributed by atoms with E-state index in [1.807, 2.05) is 24.4 Å². The number of anilines is 1. The summed E-state index contributed by atoms with van der Waals surface area (Å²) in [5.41, 5.74) is 4.18. The molecule has 0 spiro atoms. The zero-order valence-electron chi connectivity index (χ0n) is 19.3. The normalized spacial score (nSPS) is 18.1. The van der Waals surface area contributed by atoms with Crippen LogP contribution in [0.25, 0.3) is 28.0 Å². The number of amides is 2. The molecule has 3 heterocycles. The molecule has 0 atom stereocenters. The molecule has 0 aliphatic carbocycles. The van der Waals surface area contributed by atoms with Crippen LogP contribution in [0.1, 0.15) is 25.5 Å². The number of rotatable bonds is 6. The standard InChI is InChI=1S/C27H28N4O2S/c1-2-3-11-30-12-14-31(15-13-30)22-9-7-19(8-10-22)23-6-4-5-20-18-28-21(16-24(20)23)17-25-26(32)29-27(33)34-25/h4-10,16-18H,2-3,11-15H2,1H3,(H,29,32,33). The van der Waals surface area contributed by atoms with E-state index in [-0.39, 0.29) is 11.1 Å². The molecule has 1 aromatic heterocycles. The molecule has 174 valence electrons. The summed E-state index contributed by atoms with van der Waals surface area (Å²) in [6.07, 6.45) is 6.01. The van der Waals surface area contributed by atoms with Gasteiger partial charge in [0.15, 0.2) is 0 Å². The Hall–Kier alpha value is -3.16. The summed E-state index contributed by atoms with van der Waals surface area (Å²) in [5.74, 6) is -0.369. The number of unbranched alkanes of at least 4 members (excludes halogenated alkanes) is 1. The zero-order valence-corrected chi connectivity index (χ0v) is 20.1. The van der Waals surface area contributed by atoms with Gasteiger partial charge in [0.05, 0.1) is 10.6 Å². The number of thioether (sulfide) groups is 1. The topological polar surface area (TPSA) is 65.5 Å². The molecule has 7 heteroatoms. The van der Waals surface area contributed by atoms with Crippen LogP contribution in [-0.4, -0.2) is 53.8 Å². The lowest BCUT2D eigenvalue weighted by atomic mass is 9.98. The number of piperazine rings is 1. The van der Waals surface area contributed by atoms with Crippen LogP contribution in [0, 0.1) is 0 Å². The van der Waals surface area contributed by atoms with Gasteiger partial charge in [-0.25, -0.2) is 0 Å². The Morgan fingerprint density at radius 3 is 2.56 bits per heavy atom. The fraction of sp³-hybridized carbons (Fsp3) is 0.296. The lowest BCUT2D eigenvalue weighted by Crippen LogP contribution is -2.46. The van der Waals surface area contributed by atoms with E-state index in [9.17, 15) is 9.59 Å². The van der Waals surface area contributed by atoms with Gasteiger partial charge in [0.2, 0.25) is 0 Å². The number of aromatic nitrogens is 1. The lowest BCUT2D eigenvalue weighted by molar-refractivity contribution is -0.115. The van der Waals surface area contributed by atoms with E-state index >= 15 is 0 Å². The first-order valence-electron chi connectivity index (χ1n) is 11.8. The van der Waals surface area contributed by atoms with Crippen molar-refractivity contribution >= 4 is 45.4 Å². The van der Waals surface area contributed by atoms with Crippen LogP contribution in [0.4, 0.5) is 10.5 Å². The van der Waals surface area contributed by atoms with Crippen molar-refractivity contribution in [3.05, 3.63) is 65.3 Å². The highest BCUT2D eigenvalue weighted by Gasteiger charge is 2.25. The second-order valence-corrected chi connectivity index (χ2v) is 9.73. The number of hydrogen-bond acceptors (Lipinski definition) is 6. The quantitative estimate of drug-likeness (QED) is 0.501. The molecule has 0 unspecified atom stereocenters. The minimum atomic E-state index is -0.369. The highest BCUT2D eigenvalue weighted by Crippen LogP contribution is 2.32. The van der Waals surface area contributed by atoms with E-state index in [1.165, 1.54) is 25.1 Å². The van der Waals surface area contributed by atoms with Gasteiger partial charge in [-0.15, -0.1) is 0 Å². The number of nitrogens with zero attached hydrogens (tertiary/aromatic N) is 3. The molecule has 2 aliphatic heterocycles. The Morgan fingerprint density at radius 2 is 1.85 bits per heavy atom. The van der Waals surface area contributed by atoms with Gasteiger partial charge in [0.1, 0.15) is 0 Å². The van der Waals surface area contributed by atoms with Gasteiger partial charge in [-0.3, -0.25) is 24.8 Å². The number of fused-ring (bicyclic) bond motifs is 1. The first kappa shape index (κ1) is 22.6. The van der Waals surface area contributed by atoms with Crippen LogP contribution in [0.3, 0.4) is 0 Å². The van der Waals surface area contributed by atoms with Crippen molar-refractivity contribution in [2.75, 3.05) is 37.6 Å². The lowest BCUT2D eigenvalue weighted by Gasteiger charge is -2.36. The number of benzene rings is 2. The number of carbonyl (C=O) groups is 2. The highest BCUT2D eigenvalue weighted by molar-refractivity contribution is 8.18. The van der Waals surface area contributed by atoms with Crippen molar-refractivity contribution in [1.29, 1.82) is 0 Å². The van der Waals surface area contributed by atoms with E-state index in [0.717, 1.165) is 59.8 Å². The fourth-order valence-corrected chi connectivity index (χ4v) is 5.20. The first-order valence-corrected chi connectivity index (χ1v) is 12.6. The van der Waals surface area contributed by atoms with Crippen molar-refractivity contribution in [3.8, 4) is 11.1 Å². The van der Waals surface area contributed by atoms with Crippen molar-refractivity contribution in [2.45, 2.75) is 19.8 Å². The number of imide groups is 1. The number of pyridine rings is 1. The number of carbonyl (C=O) groups excluding carboxylic acids is 2. The van der Waals surface area contributed by atoms with Gasteiger partial charge in [-0.2, -0.15) is 0 Å². The Kier molecular flexibility index (Phi) is 6.65. The summed E-state index contributed by atoms with van der Waals surface area (Å²) in [4.78, 5) is 33.3. The van der Waals surface area contributed by atoms with Gasteiger partial charge >= 0.3 is 0 Å². The maximum absolute atomic E-state index is 11.9. The smallest absolute Gasteiger partial charge is 0.290 e. The van der Waals surface area contributed by atoms with Crippen LogP contribution in [-0.2, 0) is 4.79 Å². The third-order valence-electron chi connectivity index (χ3n) is 6.45. The van der Waals surface area contributed by atoms with Gasteiger partial charge in [0, 0.05) is 43.4 Å². The van der Waals surface area contributed by atoms with Crippen LogP contribution in [0.2, 0.25) is 0 Å². The van der Waals surface area contributed by atoms with Gasteiger partial charge in [-0.05, 0) is 65.5 Å². The van der Waals surface area contributed by atoms with Gasteiger partial charge in [0.25, 0.3) is 11.1 Å². The second-order valence-electron chi connectivity index (χ2n) is 8.72. The molecule has 6 nitrogen and oxygen atoms in total. The average Bonchev–Trinajstić information content (AvgIpc) is 3.19. The molecule has 2 fully saturated rings. The SMILES string of the molecule is CCCCN1CCN(c2ccc(-c3cccc4cnc(C=C5SC(=O)NC5=O)cc34)cc2)CC1. The van der Waals surface area contributed by atoms with Crippen LogP contribution in [0.5, 0.6) is 0 Å². The summed E-state index contributed by atoms with van der Waals surface area (Å²) >= 11 is 0.907. The fourth-order valence-electron chi connectivity index (χ4n) is 4.54. The van der Waals surface area contributed by atoms with Crippen LogP contribution >= 0.6 is 11.8 Å². The molecular formula is C27H28N4O2S. The summed E-state index contributed by atoms with van der Waals surface area (Å²) in [5, 5.41) is 4.04. The molecular weight excluding hydrogens is 444 g/mol. The van der Waals surface area contributed by atoms with Crippen molar-refractivity contribution in [1.82, 2.24) is 15.2 Å². The predicted molar refractivity (Wildman–Crippen MR) is 140 cm³/mol. The van der Waals surface area contributed by atoms with Crippen molar-refractivity contribution in [3.63, 3.8) is 0 Å². The Morgan fingerprint density at radius 1 is 1.06 bits per heavy atom. The largest absolute Gasteiger partial charge is 0.369 e. The summed E-state index contributed by atoms with van der Waals surface area (Å²) in [6.45, 7) is 7.83. The van der Waals surface area contributed by atoms with Gasteiger partial charge < -0.3 is 4.90 Å².